The van der Waals surface area contributed by atoms with Crippen LogP contribution >= 0.6 is 0 Å². The van der Waals surface area contributed by atoms with Gasteiger partial charge in [-0.1, -0.05) is 12.1 Å². The lowest BCUT2D eigenvalue weighted by Crippen LogP contribution is -2.23. The van der Waals surface area contributed by atoms with Gasteiger partial charge in [-0.15, -0.1) is 0 Å². The summed E-state index contributed by atoms with van der Waals surface area (Å²) < 4.78 is 10.4. The summed E-state index contributed by atoms with van der Waals surface area (Å²) in [6.45, 7) is 1.97. The van der Waals surface area contributed by atoms with E-state index in [1.54, 1.807) is 0 Å². The quantitative estimate of drug-likeness (QED) is 0.234. The minimum absolute atomic E-state index is 0.0521. The topological polar surface area (TPSA) is 150 Å². The number of carbonyl (C=O) groups is 1. The highest BCUT2D eigenvalue weighted by atomic mass is 16.5. The molecular formula is C11H16N6O3. The third-order valence-corrected chi connectivity index (χ3v) is 2.37. The van der Waals surface area contributed by atoms with Crippen molar-refractivity contribution in [1.82, 2.24) is 5.43 Å². The van der Waals surface area contributed by atoms with Gasteiger partial charge in [-0.3, -0.25) is 10.7 Å². The van der Waals surface area contributed by atoms with Crippen LogP contribution in [0.5, 0.6) is 0 Å². The summed E-state index contributed by atoms with van der Waals surface area (Å²) in [6, 6.07) is -0.699. The van der Waals surface area contributed by atoms with Crippen LogP contribution in [0.2, 0.25) is 0 Å². The van der Waals surface area contributed by atoms with E-state index in [1.165, 1.54) is 18.5 Å². The number of nitrogens with zero attached hydrogens (tertiary/aromatic N) is 1. The Morgan fingerprint density at radius 1 is 1.65 bits per heavy atom. The lowest BCUT2D eigenvalue weighted by Gasteiger charge is -2.07. The van der Waals surface area contributed by atoms with Crippen LogP contribution in [0.25, 0.3) is 0 Å². The summed E-state index contributed by atoms with van der Waals surface area (Å²) in [6.07, 6.45) is 4.66. The fourth-order valence-electron chi connectivity index (χ4n) is 1.45. The highest BCUT2D eigenvalue weighted by Crippen LogP contribution is 2.24. The standard InChI is InChI=1S/C11H16N6O3/c1-2-7-5-20-10(15-11(18)16-17-14)8(7)6-19-9(13)3-4-12/h3-5,13H,2,6,12H2,1H3,(H3,14,15,16,18)/b4-3-,13-9?. The molecule has 0 radical (unpaired) electrons. The largest absolute Gasteiger partial charge is 0.473 e. The molecule has 9 nitrogen and oxygen atoms in total. The van der Waals surface area contributed by atoms with Crippen LogP contribution < -0.4 is 16.5 Å². The number of amides is 2. The van der Waals surface area contributed by atoms with Gasteiger partial charge in [0.1, 0.15) is 6.61 Å². The van der Waals surface area contributed by atoms with Crippen LogP contribution in [0.4, 0.5) is 10.7 Å². The Morgan fingerprint density at radius 2 is 2.40 bits per heavy atom. The van der Waals surface area contributed by atoms with Crippen LogP contribution in [-0.2, 0) is 17.8 Å². The molecule has 108 valence electrons. The molecule has 1 aromatic rings. The average Bonchev–Trinajstić information content (AvgIpc) is 2.79. The summed E-state index contributed by atoms with van der Waals surface area (Å²) in [4.78, 5) is 11.3. The number of ether oxygens (including phenoxy) is 1. The molecule has 9 heteroatoms. The van der Waals surface area contributed by atoms with E-state index >= 15 is 0 Å². The van der Waals surface area contributed by atoms with E-state index in [2.05, 4.69) is 10.5 Å². The SMILES string of the molecule is CCc1coc(NC(=O)NN=N)c1COC(=N)/C=C\N. The van der Waals surface area contributed by atoms with Crippen molar-refractivity contribution in [2.24, 2.45) is 11.0 Å². The second-order valence-corrected chi connectivity index (χ2v) is 3.61. The van der Waals surface area contributed by atoms with E-state index in [4.69, 9.17) is 25.8 Å². The second kappa shape index (κ2) is 7.56. The number of nitrogens with two attached hydrogens (primary N) is 1. The van der Waals surface area contributed by atoms with Crippen molar-refractivity contribution in [3.63, 3.8) is 0 Å². The van der Waals surface area contributed by atoms with Gasteiger partial charge in [-0.2, -0.15) is 5.53 Å². The van der Waals surface area contributed by atoms with E-state index in [0.717, 1.165) is 5.56 Å². The zero-order valence-corrected chi connectivity index (χ0v) is 10.9. The average molecular weight is 280 g/mol. The maximum Gasteiger partial charge on any atom is 0.343 e. The molecule has 20 heavy (non-hydrogen) atoms. The van der Waals surface area contributed by atoms with Crippen molar-refractivity contribution in [1.29, 1.82) is 10.9 Å². The number of hydrogen-bond acceptors (Lipinski definition) is 7. The molecule has 0 spiro atoms. The van der Waals surface area contributed by atoms with Gasteiger partial charge in [0.2, 0.25) is 11.8 Å². The van der Waals surface area contributed by atoms with Crippen LogP contribution in [0.15, 0.2) is 28.2 Å². The molecule has 0 aromatic carbocycles. The van der Waals surface area contributed by atoms with Gasteiger partial charge in [-0.05, 0) is 18.2 Å². The number of rotatable bonds is 6. The highest BCUT2D eigenvalue weighted by molar-refractivity contribution is 5.88. The Morgan fingerprint density at radius 3 is 3.00 bits per heavy atom. The molecule has 0 fully saturated rings. The van der Waals surface area contributed by atoms with Crippen molar-refractivity contribution < 1.29 is 13.9 Å². The molecule has 0 aliphatic rings. The Balaban J connectivity index is 2.80. The molecule has 0 bridgehead atoms. The molecule has 1 rings (SSSR count). The number of carbonyl (C=O) groups excluding carboxylic acids is 1. The highest BCUT2D eigenvalue weighted by Gasteiger charge is 2.15. The third-order valence-electron chi connectivity index (χ3n) is 2.37. The van der Waals surface area contributed by atoms with Crippen LogP contribution in [-0.4, -0.2) is 11.9 Å². The van der Waals surface area contributed by atoms with E-state index in [0.29, 0.717) is 12.0 Å². The van der Waals surface area contributed by atoms with E-state index in [1.807, 2.05) is 12.3 Å². The number of urea groups is 1. The maximum absolute atomic E-state index is 11.3. The number of anilines is 1. The molecule has 0 saturated carbocycles. The van der Waals surface area contributed by atoms with Gasteiger partial charge in [0.05, 0.1) is 11.8 Å². The van der Waals surface area contributed by atoms with Crippen molar-refractivity contribution >= 4 is 17.8 Å². The molecule has 6 N–H and O–H groups in total. The Labute approximate surface area is 115 Å². The van der Waals surface area contributed by atoms with Crippen LogP contribution in [0.3, 0.4) is 0 Å². The first-order valence-electron chi connectivity index (χ1n) is 5.74. The van der Waals surface area contributed by atoms with Crippen LogP contribution in [0.1, 0.15) is 18.1 Å². The number of aryl methyl sites for hydroxylation is 1. The number of furan rings is 1. The minimum Gasteiger partial charge on any atom is -0.473 e. The van der Waals surface area contributed by atoms with E-state index < -0.39 is 6.03 Å². The Bertz CT molecular complexity index is 522. The molecule has 0 saturated heterocycles. The zero-order valence-electron chi connectivity index (χ0n) is 10.9. The predicted octanol–water partition coefficient (Wildman–Crippen LogP) is 1.88. The summed E-state index contributed by atoms with van der Waals surface area (Å²) in [5, 5.41) is 12.6. The Hall–Kier alpha value is -2.84. The van der Waals surface area contributed by atoms with Gasteiger partial charge in [0, 0.05) is 6.08 Å². The maximum atomic E-state index is 11.3. The van der Waals surface area contributed by atoms with Gasteiger partial charge in [0.25, 0.3) is 0 Å². The predicted molar refractivity (Wildman–Crippen MR) is 71.2 cm³/mol. The normalized spacial score (nSPS) is 10.2. The summed E-state index contributed by atoms with van der Waals surface area (Å²) >= 11 is 0. The molecule has 0 aliphatic heterocycles. The first-order chi connectivity index (χ1) is 9.62. The lowest BCUT2D eigenvalue weighted by molar-refractivity contribution is 0.251. The van der Waals surface area contributed by atoms with Gasteiger partial charge in [-0.25, -0.2) is 10.2 Å². The molecule has 2 amide bonds. The second-order valence-electron chi connectivity index (χ2n) is 3.61. The van der Waals surface area contributed by atoms with Gasteiger partial charge in [0.15, 0.2) is 0 Å². The smallest absolute Gasteiger partial charge is 0.343 e. The van der Waals surface area contributed by atoms with Crippen molar-refractivity contribution in [2.45, 2.75) is 20.0 Å². The lowest BCUT2D eigenvalue weighted by atomic mass is 10.1. The minimum atomic E-state index is -0.699. The molecular weight excluding hydrogens is 264 g/mol. The summed E-state index contributed by atoms with van der Waals surface area (Å²) in [5.74, 6) is 0.0832. The first kappa shape index (κ1) is 15.2. The summed E-state index contributed by atoms with van der Waals surface area (Å²) in [5.41, 5.74) is 15.0. The van der Waals surface area contributed by atoms with Crippen molar-refractivity contribution in [3.8, 4) is 0 Å². The monoisotopic (exact) mass is 280 g/mol. The summed E-state index contributed by atoms with van der Waals surface area (Å²) in [7, 11) is 0. The number of hydrogen-bond donors (Lipinski definition) is 5. The first-order valence-corrected chi connectivity index (χ1v) is 5.74. The molecule has 1 aromatic heterocycles. The van der Waals surface area contributed by atoms with Gasteiger partial charge >= 0.3 is 6.03 Å². The number of nitrogens with one attached hydrogen (secondary N) is 4. The van der Waals surface area contributed by atoms with Gasteiger partial charge < -0.3 is 14.9 Å². The molecule has 0 atom stereocenters. The van der Waals surface area contributed by atoms with Crippen LogP contribution in [0, 0.1) is 10.9 Å². The van der Waals surface area contributed by atoms with Crippen molar-refractivity contribution in [2.75, 3.05) is 5.32 Å². The van der Waals surface area contributed by atoms with E-state index in [9.17, 15) is 4.79 Å². The fourth-order valence-corrected chi connectivity index (χ4v) is 1.45. The fraction of sp³-hybridized carbons (Fsp3) is 0.273. The van der Waals surface area contributed by atoms with E-state index in [-0.39, 0.29) is 18.4 Å². The molecule has 0 unspecified atom stereocenters. The Kier molecular flexibility index (Phi) is 5.75. The zero-order chi connectivity index (χ0) is 15.0. The molecule has 0 aliphatic carbocycles. The molecule has 1 heterocycles. The third kappa shape index (κ3) is 4.12. The van der Waals surface area contributed by atoms with Crippen molar-refractivity contribution in [3.05, 3.63) is 29.7 Å².